The first kappa shape index (κ1) is 15.6. The van der Waals surface area contributed by atoms with Crippen molar-refractivity contribution in [3.05, 3.63) is 16.3 Å². The van der Waals surface area contributed by atoms with E-state index in [4.69, 9.17) is 0 Å². The van der Waals surface area contributed by atoms with Crippen LogP contribution < -0.4 is 5.32 Å². The molecule has 18 heavy (non-hydrogen) atoms. The van der Waals surface area contributed by atoms with Crippen molar-refractivity contribution in [1.82, 2.24) is 9.62 Å². The van der Waals surface area contributed by atoms with Gasteiger partial charge in [-0.3, -0.25) is 0 Å². The highest BCUT2D eigenvalue weighted by atomic mass is 32.2. The van der Waals surface area contributed by atoms with Crippen LogP contribution in [0.1, 0.15) is 25.6 Å². The van der Waals surface area contributed by atoms with Gasteiger partial charge in [0, 0.05) is 29.9 Å². The molecular formula is C12H22N2O2S2. The monoisotopic (exact) mass is 290 g/mol. The van der Waals surface area contributed by atoms with Gasteiger partial charge >= 0.3 is 0 Å². The van der Waals surface area contributed by atoms with Crippen molar-refractivity contribution in [2.24, 2.45) is 5.92 Å². The van der Waals surface area contributed by atoms with Crippen molar-refractivity contribution in [3.8, 4) is 0 Å². The minimum absolute atomic E-state index is 0.329. The maximum atomic E-state index is 12.4. The van der Waals surface area contributed by atoms with Gasteiger partial charge in [0.05, 0.1) is 4.90 Å². The predicted molar refractivity (Wildman–Crippen MR) is 76.4 cm³/mol. The molecule has 0 amide bonds. The molecule has 0 radical (unpaired) electrons. The SMILES string of the molecule is CCN(CC(C)C)S(=O)(=O)c1csc(CNC)c1. The molecule has 0 unspecified atom stereocenters. The fourth-order valence-electron chi connectivity index (χ4n) is 1.72. The van der Waals surface area contributed by atoms with E-state index in [1.807, 2.05) is 27.8 Å². The Balaban J connectivity index is 2.95. The van der Waals surface area contributed by atoms with Crippen LogP contribution in [0.3, 0.4) is 0 Å². The quantitative estimate of drug-likeness (QED) is 0.837. The Morgan fingerprint density at radius 2 is 2.11 bits per heavy atom. The largest absolute Gasteiger partial charge is 0.315 e. The summed E-state index contributed by atoms with van der Waals surface area (Å²) >= 11 is 1.48. The molecule has 1 rings (SSSR count). The maximum absolute atomic E-state index is 12.4. The number of rotatable bonds is 7. The summed E-state index contributed by atoms with van der Waals surface area (Å²) in [5.41, 5.74) is 0. The third-order valence-corrected chi connectivity index (χ3v) is 5.54. The highest BCUT2D eigenvalue weighted by Crippen LogP contribution is 2.23. The summed E-state index contributed by atoms with van der Waals surface area (Å²) < 4.78 is 26.4. The predicted octanol–water partition coefficient (Wildman–Crippen LogP) is 2.13. The molecule has 1 N–H and O–H groups in total. The Bertz CT molecular complexity index is 466. The van der Waals surface area contributed by atoms with E-state index in [0.29, 0.717) is 30.4 Å². The average molecular weight is 290 g/mol. The smallest absolute Gasteiger partial charge is 0.243 e. The topological polar surface area (TPSA) is 49.4 Å². The van der Waals surface area contributed by atoms with Crippen molar-refractivity contribution >= 4 is 21.4 Å². The maximum Gasteiger partial charge on any atom is 0.243 e. The molecule has 0 aromatic carbocycles. The van der Waals surface area contributed by atoms with Crippen LogP contribution in [0, 0.1) is 5.92 Å². The molecule has 6 heteroatoms. The van der Waals surface area contributed by atoms with E-state index in [1.165, 1.54) is 11.3 Å². The zero-order chi connectivity index (χ0) is 13.8. The molecule has 0 aliphatic heterocycles. The second-order valence-corrected chi connectivity index (χ2v) is 7.56. The van der Waals surface area contributed by atoms with Crippen LogP contribution in [-0.4, -0.2) is 32.9 Å². The molecule has 0 saturated heterocycles. The molecular weight excluding hydrogens is 268 g/mol. The Morgan fingerprint density at radius 1 is 1.44 bits per heavy atom. The highest BCUT2D eigenvalue weighted by Gasteiger charge is 2.24. The lowest BCUT2D eigenvalue weighted by Gasteiger charge is -2.21. The lowest BCUT2D eigenvalue weighted by Crippen LogP contribution is -2.33. The summed E-state index contributed by atoms with van der Waals surface area (Å²) in [7, 11) is -1.48. The van der Waals surface area contributed by atoms with E-state index >= 15 is 0 Å². The van der Waals surface area contributed by atoms with Crippen molar-refractivity contribution < 1.29 is 8.42 Å². The minimum atomic E-state index is -3.33. The van der Waals surface area contributed by atoms with Gasteiger partial charge in [0.1, 0.15) is 0 Å². The van der Waals surface area contributed by atoms with Crippen molar-refractivity contribution in [1.29, 1.82) is 0 Å². The molecule has 0 aliphatic rings. The molecule has 104 valence electrons. The summed E-state index contributed by atoms with van der Waals surface area (Å²) in [6, 6.07) is 1.76. The van der Waals surface area contributed by atoms with Crippen LogP contribution in [0.15, 0.2) is 16.3 Å². The molecule has 0 spiro atoms. The second kappa shape index (κ2) is 6.65. The summed E-state index contributed by atoms with van der Waals surface area (Å²) in [5, 5.41) is 4.75. The van der Waals surface area contributed by atoms with E-state index in [9.17, 15) is 8.42 Å². The normalized spacial score (nSPS) is 12.6. The number of thiophene rings is 1. The molecule has 0 aliphatic carbocycles. The average Bonchev–Trinajstić information content (AvgIpc) is 2.75. The number of sulfonamides is 1. The fourth-order valence-corrected chi connectivity index (χ4v) is 4.60. The van der Waals surface area contributed by atoms with Gasteiger partial charge in [0.15, 0.2) is 0 Å². The summed E-state index contributed by atoms with van der Waals surface area (Å²) in [6.45, 7) is 7.71. The number of nitrogens with zero attached hydrogens (tertiary/aromatic N) is 1. The molecule has 1 heterocycles. The van der Waals surface area contributed by atoms with E-state index in [1.54, 1.807) is 15.8 Å². The summed E-state index contributed by atoms with van der Waals surface area (Å²) in [6.07, 6.45) is 0. The molecule has 4 nitrogen and oxygen atoms in total. The van der Waals surface area contributed by atoms with Gasteiger partial charge < -0.3 is 5.32 Å². The summed E-state index contributed by atoms with van der Waals surface area (Å²) in [5.74, 6) is 0.329. The Hall–Kier alpha value is -0.430. The first-order valence-electron chi connectivity index (χ1n) is 6.14. The van der Waals surface area contributed by atoms with Crippen molar-refractivity contribution in [2.75, 3.05) is 20.1 Å². The molecule has 0 atom stereocenters. The highest BCUT2D eigenvalue weighted by molar-refractivity contribution is 7.89. The fraction of sp³-hybridized carbons (Fsp3) is 0.667. The van der Waals surface area contributed by atoms with Crippen molar-refractivity contribution in [2.45, 2.75) is 32.2 Å². The molecule has 0 saturated carbocycles. The minimum Gasteiger partial charge on any atom is -0.315 e. The van der Waals surface area contributed by atoms with Crippen molar-refractivity contribution in [3.63, 3.8) is 0 Å². The van der Waals surface area contributed by atoms with Crippen LogP contribution in [0.4, 0.5) is 0 Å². The van der Waals surface area contributed by atoms with Gasteiger partial charge in [-0.15, -0.1) is 11.3 Å². The Kier molecular flexibility index (Phi) is 5.78. The third kappa shape index (κ3) is 3.78. The lowest BCUT2D eigenvalue weighted by atomic mass is 10.2. The number of hydrogen-bond donors (Lipinski definition) is 1. The zero-order valence-corrected chi connectivity index (χ0v) is 13.1. The van der Waals surface area contributed by atoms with Crippen LogP contribution in [-0.2, 0) is 16.6 Å². The van der Waals surface area contributed by atoms with E-state index in [0.717, 1.165) is 4.88 Å². The van der Waals surface area contributed by atoms with Crippen LogP contribution >= 0.6 is 11.3 Å². The number of hydrogen-bond acceptors (Lipinski definition) is 4. The van der Waals surface area contributed by atoms with Gasteiger partial charge in [0.25, 0.3) is 0 Å². The zero-order valence-electron chi connectivity index (χ0n) is 11.4. The first-order valence-corrected chi connectivity index (χ1v) is 8.46. The van der Waals surface area contributed by atoms with Gasteiger partial charge in [-0.1, -0.05) is 20.8 Å². The van der Waals surface area contributed by atoms with Gasteiger partial charge in [-0.05, 0) is 19.0 Å². The van der Waals surface area contributed by atoms with Crippen LogP contribution in [0.5, 0.6) is 0 Å². The lowest BCUT2D eigenvalue weighted by molar-refractivity contribution is 0.381. The van der Waals surface area contributed by atoms with Crippen LogP contribution in [0.2, 0.25) is 0 Å². The first-order chi connectivity index (χ1) is 8.41. The molecule has 0 fully saturated rings. The van der Waals surface area contributed by atoms with Gasteiger partial charge in [-0.25, -0.2) is 8.42 Å². The Morgan fingerprint density at radius 3 is 2.61 bits per heavy atom. The van der Waals surface area contributed by atoms with E-state index < -0.39 is 10.0 Å². The second-order valence-electron chi connectivity index (χ2n) is 4.63. The summed E-state index contributed by atoms with van der Waals surface area (Å²) in [4.78, 5) is 1.46. The van der Waals surface area contributed by atoms with E-state index in [-0.39, 0.29) is 0 Å². The molecule has 0 bridgehead atoms. The van der Waals surface area contributed by atoms with Crippen LogP contribution in [0.25, 0.3) is 0 Å². The van der Waals surface area contributed by atoms with Gasteiger partial charge in [-0.2, -0.15) is 4.31 Å². The Labute approximate surface area is 114 Å². The third-order valence-electron chi connectivity index (χ3n) is 2.54. The molecule has 1 aromatic rings. The van der Waals surface area contributed by atoms with Gasteiger partial charge in [0.2, 0.25) is 10.0 Å². The standard InChI is InChI=1S/C12H22N2O2S2/c1-5-14(8-10(2)3)18(15,16)12-6-11(7-13-4)17-9-12/h6,9-10,13H,5,7-8H2,1-4H3. The number of nitrogens with one attached hydrogen (secondary N) is 1. The van der Waals surface area contributed by atoms with E-state index in [2.05, 4.69) is 5.32 Å². The molecule has 1 aromatic heterocycles.